The number of hydrogen-bond acceptors (Lipinski definition) is 8. The van der Waals surface area contributed by atoms with Gasteiger partial charge in [-0.3, -0.25) is 14.9 Å². The average molecular weight is 556 g/mol. The Labute approximate surface area is 224 Å². The van der Waals surface area contributed by atoms with Gasteiger partial charge < -0.3 is 14.2 Å². The average Bonchev–Trinajstić information content (AvgIpc) is 2.86. The third-order valence-corrected chi connectivity index (χ3v) is 6.71. The first-order chi connectivity index (χ1) is 17.9. The lowest BCUT2D eigenvalue weighted by molar-refractivity contribution is -0.384. The Kier molecular flexibility index (Phi) is 8.72. The number of halogens is 1. The highest BCUT2D eigenvalue weighted by Gasteiger charge is 2.23. The molecular formula is C26H22ClN3O7S. The van der Waals surface area contributed by atoms with E-state index < -0.39 is 20.9 Å². The lowest BCUT2D eigenvalue weighted by Gasteiger charge is -2.14. The monoisotopic (exact) mass is 555 g/mol. The van der Waals surface area contributed by atoms with E-state index in [4.69, 9.17) is 20.5 Å². The summed E-state index contributed by atoms with van der Waals surface area (Å²) in [6.07, 6.45) is 1.22. The quantitative estimate of drug-likeness (QED) is 0.118. The van der Waals surface area contributed by atoms with E-state index in [9.17, 15) is 28.6 Å². The molecule has 196 valence electrons. The highest BCUT2D eigenvalue weighted by atomic mass is 35.5. The van der Waals surface area contributed by atoms with E-state index in [1.807, 2.05) is 6.92 Å². The van der Waals surface area contributed by atoms with E-state index in [0.717, 1.165) is 5.56 Å². The molecule has 3 rings (SSSR count). The summed E-state index contributed by atoms with van der Waals surface area (Å²) in [7, 11) is -4.24. The Bertz CT molecular complexity index is 1580. The normalized spacial score (nSPS) is 11.4. The number of aryl methyl sites for hydroxylation is 2. The number of nitro groups is 1. The van der Waals surface area contributed by atoms with Gasteiger partial charge in [0, 0.05) is 12.1 Å². The Morgan fingerprint density at radius 3 is 2.45 bits per heavy atom. The maximum atomic E-state index is 12.8. The predicted octanol–water partition coefficient (Wildman–Crippen LogP) is 5.58. The van der Waals surface area contributed by atoms with Crippen LogP contribution in [0.5, 0.6) is 11.5 Å². The number of rotatable bonds is 9. The molecule has 0 unspecified atom stereocenters. The largest absolute Gasteiger partial charge is 0.490 e. The number of ether oxygens (including phenoxy) is 1. The number of amides is 1. The van der Waals surface area contributed by atoms with Crippen molar-refractivity contribution in [2.24, 2.45) is 0 Å². The smallest absolute Gasteiger partial charge is 0.339 e. The van der Waals surface area contributed by atoms with Crippen LogP contribution in [0.1, 0.15) is 23.6 Å². The van der Waals surface area contributed by atoms with Crippen molar-refractivity contribution in [1.29, 1.82) is 5.26 Å². The van der Waals surface area contributed by atoms with Crippen molar-refractivity contribution in [2.45, 2.75) is 25.7 Å². The number of nitrogens with zero attached hydrogens (tertiary/aromatic N) is 2. The molecule has 0 radical (unpaired) electrons. The predicted molar refractivity (Wildman–Crippen MR) is 142 cm³/mol. The van der Waals surface area contributed by atoms with Crippen molar-refractivity contribution >= 4 is 45.1 Å². The summed E-state index contributed by atoms with van der Waals surface area (Å²) in [5.41, 5.74) is 1.28. The number of hydrogen-bond donors (Lipinski definition) is 1. The van der Waals surface area contributed by atoms with Gasteiger partial charge in [0.25, 0.3) is 11.6 Å². The van der Waals surface area contributed by atoms with Gasteiger partial charge in [-0.15, -0.1) is 0 Å². The van der Waals surface area contributed by atoms with Crippen LogP contribution in [0.15, 0.2) is 65.1 Å². The van der Waals surface area contributed by atoms with Crippen LogP contribution in [0.3, 0.4) is 0 Å². The Balaban J connectivity index is 1.95. The van der Waals surface area contributed by atoms with E-state index in [1.54, 1.807) is 32.0 Å². The Morgan fingerprint density at radius 2 is 1.84 bits per heavy atom. The van der Waals surface area contributed by atoms with Gasteiger partial charge in [-0.05, 0) is 62.2 Å². The topological polar surface area (TPSA) is 149 Å². The first-order valence-electron chi connectivity index (χ1n) is 11.1. The highest BCUT2D eigenvalue weighted by Crippen LogP contribution is 2.39. The number of nitro benzene ring substituents is 1. The summed E-state index contributed by atoms with van der Waals surface area (Å²) in [4.78, 5) is 23.2. The second-order valence-corrected chi connectivity index (χ2v) is 9.95. The lowest BCUT2D eigenvalue weighted by atomic mass is 10.1. The number of nitrogens with one attached hydrogen (secondary N) is 1. The summed E-state index contributed by atoms with van der Waals surface area (Å²) >= 11 is 6.35. The minimum absolute atomic E-state index is 0.0193. The Hall–Kier alpha value is -4.40. The van der Waals surface area contributed by atoms with E-state index in [-0.39, 0.29) is 50.5 Å². The van der Waals surface area contributed by atoms with Crippen LogP contribution < -0.4 is 14.2 Å². The molecule has 0 aliphatic heterocycles. The van der Waals surface area contributed by atoms with Crippen molar-refractivity contribution in [1.82, 2.24) is 0 Å². The molecule has 1 N–H and O–H groups in total. The lowest BCUT2D eigenvalue weighted by Crippen LogP contribution is -2.14. The number of non-ortho nitro benzene ring substituents is 1. The molecule has 10 nitrogen and oxygen atoms in total. The van der Waals surface area contributed by atoms with Crippen molar-refractivity contribution in [3.8, 4) is 17.6 Å². The molecule has 0 aliphatic carbocycles. The fourth-order valence-corrected chi connectivity index (χ4v) is 4.50. The standard InChI is InChI=1S/C26H22ClN3O7S/c1-4-36-24-13-18(12-22(27)25(24)37-38(34,35)21-9-5-16(2)6-10-21)11-19(15-28)26(31)29-23-14-20(30(32)33)8-7-17(23)3/h5-14H,4H2,1-3H3,(H,29,31)/b19-11+. The van der Waals surface area contributed by atoms with Crippen LogP contribution in [-0.4, -0.2) is 25.9 Å². The van der Waals surface area contributed by atoms with Gasteiger partial charge in [0.2, 0.25) is 5.75 Å². The molecule has 3 aromatic carbocycles. The molecule has 0 aliphatic rings. The van der Waals surface area contributed by atoms with E-state index in [2.05, 4.69) is 5.32 Å². The van der Waals surface area contributed by atoms with E-state index >= 15 is 0 Å². The Morgan fingerprint density at radius 1 is 1.16 bits per heavy atom. The van der Waals surface area contributed by atoms with E-state index in [1.165, 1.54) is 48.5 Å². The minimum atomic E-state index is -4.24. The van der Waals surface area contributed by atoms with Crippen LogP contribution in [-0.2, 0) is 14.9 Å². The first-order valence-corrected chi connectivity index (χ1v) is 12.9. The zero-order valence-corrected chi connectivity index (χ0v) is 22.1. The van der Waals surface area contributed by atoms with Crippen LogP contribution in [0.2, 0.25) is 5.02 Å². The van der Waals surface area contributed by atoms with Gasteiger partial charge in [0.1, 0.15) is 16.5 Å². The zero-order chi connectivity index (χ0) is 28.0. The summed E-state index contributed by atoms with van der Waals surface area (Å²) in [6.45, 7) is 5.27. The fraction of sp³-hybridized carbons (Fsp3) is 0.154. The molecule has 0 saturated carbocycles. The maximum absolute atomic E-state index is 12.8. The van der Waals surface area contributed by atoms with E-state index in [0.29, 0.717) is 5.56 Å². The van der Waals surface area contributed by atoms with Crippen molar-refractivity contribution in [3.63, 3.8) is 0 Å². The molecular weight excluding hydrogens is 534 g/mol. The molecule has 1 amide bonds. The van der Waals surface area contributed by atoms with Crippen molar-refractivity contribution < 1.29 is 27.1 Å². The van der Waals surface area contributed by atoms with Crippen LogP contribution >= 0.6 is 11.6 Å². The SMILES string of the molecule is CCOc1cc(/C=C(\C#N)C(=O)Nc2cc([N+](=O)[O-])ccc2C)cc(Cl)c1OS(=O)(=O)c1ccc(C)cc1. The third-order valence-electron chi connectivity index (χ3n) is 5.19. The summed E-state index contributed by atoms with van der Waals surface area (Å²) in [5.74, 6) is -1.08. The van der Waals surface area contributed by atoms with Crippen LogP contribution in [0, 0.1) is 35.3 Å². The van der Waals surface area contributed by atoms with Gasteiger partial charge >= 0.3 is 10.1 Å². The molecule has 12 heteroatoms. The molecule has 0 spiro atoms. The van der Waals surface area contributed by atoms with Crippen LogP contribution in [0.4, 0.5) is 11.4 Å². The van der Waals surface area contributed by atoms with Crippen LogP contribution in [0.25, 0.3) is 6.08 Å². The van der Waals surface area contributed by atoms with Crippen molar-refractivity contribution in [2.75, 3.05) is 11.9 Å². The first kappa shape index (κ1) is 28.2. The third kappa shape index (κ3) is 6.67. The van der Waals surface area contributed by atoms with Crippen molar-refractivity contribution in [3.05, 3.63) is 92.0 Å². The molecule has 3 aromatic rings. The maximum Gasteiger partial charge on any atom is 0.339 e. The summed E-state index contributed by atoms with van der Waals surface area (Å²) in [5, 5.41) is 23.0. The van der Waals surface area contributed by atoms with Gasteiger partial charge in [0.15, 0.2) is 5.75 Å². The second-order valence-electron chi connectivity index (χ2n) is 7.99. The summed E-state index contributed by atoms with van der Waals surface area (Å²) < 4.78 is 36.4. The number of carbonyl (C=O) groups excluding carboxylic acids is 1. The minimum Gasteiger partial charge on any atom is -0.490 e. The summed E-state index contributed by atoms with van der Waals surface area (Å²) in [6, 6.07) is 14.5. The van der Waals surface area contributed by atoms with Gasteiger partial charge in [0.05, 0.1) is 22.2 Å². The fourth-order valence-electron chi connectivity index (χ4n) is 3.24. The van der Waals surface area contributed by atoms with Gasteiger partial charge in [-0.25, -0.2) is 0 Å². The number of anilines is 1. The molecule has 0 heterocycles. The molecule has 0 atom stereocenters. The van der Waals surface area contributed by atoms with Gasteiger partial charge in [-0.1, -0.05) is 35.4 Å². The molecule has 38 heavy (non-hydrogen) atoms. The zero-order valence-electron chi connectivity index (χ0n) is 20.5. The molecule has 0 saturated heterocycles. The molecule has 0 bridgehead atoms. The second kappa shape index (κ2) is 11.8. The number of carbonyl (C=O) groups is 1. The molecule has 0 aromatic heterocycles. The number of nitriles is 1. The van der Waals surface area contributed by atoms with Gasteiger partial charge in [-0.2, -0.15) is 13.7 Å². The molecule has 0 fully saturated rings. The number of benzene rings is 3. The highest BCUT2D eigenvalue weighted by molar-refractivity contribution is 7.87.